The van der Waals surface area contributed by atoms with Crippen molar-refractivity contribution in [3.63, 3.8) is 0 Å². The fourth-order valence-corrected chi connectivity index (χ4v) is 3.26. The monoisotopic (exact) mass is 308 g/mol. The Hall–Kier alpha value is -0.290. The zero-order chi connectivity index (χ0) is 12.3. The SMILES string of the molecule is CCCN(C(=O)c1sccc1Cl)C1CCNC1.Cl. The van der Waals surface area contributed by atoms with Gasteiger partial charge < -0.3 is 10.2 Å². The molecule has 1 saturated heterocycles. The van der Waals surface area contributed by atoms with Crippen LogP contribution in [-0.4, -0.2) is 36.5 Å². The van der Waals surface area contributed by atoms with E-state index in [1.807, 2.05) is 10.3 Å². The maximum absolute atomic E-state index is 12.4. The van der Waals surface area contributed by atoms with Crippen LogP contribution in [-0.2, 0) is 0 Å². The minimum Gasteiger partial charge on any atom is -0.334 e. The quantitative estimate of drug-likeness (QED) is 0.927. The van der Waals surface area contributed by atoms with Gasteiger partial charge in [-0.2, -0.15) is 0 Å². The number of thiophene rings is 1. The van der Waals surface area contributed by atoms with Gasteiger partial charge in [0.25, 0.3) is 5.91 Å². The molecule has 0 aliphatic carbocycles. The lowest BCUT2D eigenvalue weighted by Gasteiger charge is -2.27. The minimum atomic E-state index is 0. The van der Waals surface area contributed by atoms with Crippen molar-refractivity contribution < 1.29 is 4.79 Å². The molecule has 0 bridgehead atoms. The Balaban J connectivity index is 0.00000162. The molecule has 6 heteroatoms. The van der Waals surface area contributed by atoms with E-state index in [-0.39, 0.29) is 18.3 Å². The van der Waals surface area contributed by atoms with Gasteiger partial charge in [-0.25, -0.2) is 0 Å². The van der Waals surface area contributed by atoms with E-state index in [1.54, 1.807) is 6.07 Å². The number of nitrogens with one attached hydrogen (secondary N) is 1. The largest absolute Gasteiger partial charge is 0.334 e. The molecule has 102 valence electrons. The van der Waals surface area contributed by atoms with Crippen LogP contribution in [0.1, 0.15) is 29.4 Å². The number of carbonyl (C=O) groups excluding carboxylic acids is 1. The first-order chi connectivity index (χ1) is 8.24. The first-order valence-corrected chi connectivity index (χ1v) is 7.24. The van der Waals surface area contributed by atoms with E-state index in [2.05, 4.69) is 12.2 Å². The molecule has 2 heterocycles. The van der Waals surface area contributed by atoms with E-state index in [0.29, 0.717) is 15.9 Å². The van der Waals surface area contributed by atoms with Gasteiger partial charge >= 0.3 is 0 Å². The maximum atomic E-state index is 12.4. The summed E-state index contributed by atoms with van der Waals surface area (Å²) in [7, 11) is 0. The van der Waals surface area contributed by atoms with E-state index in [9.17, 15) is 4.79 Å². The molecule has 1 aliphatic heterocycles. The lowest BCUT2D eigenvalue weighted by molar-refractivity contribution is 0.0697. The normalized spacial score (nSPS) is 18.4. The van der Waals surface area contributed by atoms with Gasteiger partial charge in [-0.1, -0.05) is 18.5 Å². The van der Waals surface area contributed by atoms with Crippen molar-refractivity contribution in [1.29, 1.82) is 0 Å². The summed E-state index contributed by atoms with van der Waals surface area (Å²) in [5, 5.41) is 5.75. The van der Waals surface area contributed by atoms with Crippen LogP contribution >= 0.6 is 35.3 Å². The highest BCUT2D eigenvalue weighted by atomic mass is 35.5. The zero-order valence-electron chi connectivity index (χ0n) is 10.3. The Labute approximate surface area is 123 Å². The summed E-state index contributed by atoms with van der Waals surface area (Å²) in [6.45, 7) is 4.79. The Morgan fingerprint density at radius 3 is 2.94 bits per heavy atom. The number of carbonyl (C=O) groups is 1. The van der Waals surface area contributed by atoms with Crippen LogP contribution in [0, 0.1) is 0 Å². The summed E-state index contributed by atoms with van der Waals surface area (Å²) in [5.41, 5.74) is 0. The van der Waals surface area contributed by atoms with E-state index in [4.69, 9.17) is 11.6 Å². The Morgan fingerprint density at radius 1 is 1.67 bits per heavy atom. The van der Waals surface area contributed by atoms with Crippen molar-refractivity contribution in [1.82, 2.24) is 10.2 Å². The average molecular weight is 309 g/mol. The third-order valence-corrected chi connectivity index (χ3v) is 4.34. The van der Waals surface area contributed by atoms with Crippen LogP contribution in [0.4, 0.5) is 0 Å². The van der Waals surface area contributed by atoms with Crippen molar-refractivity contribution in [3.8, 4) is 0 Å². The fraction of sp³-hybridized carbons (Fsp3) is 0.583. The van der Waals surface area contributed by atoms with Crippen LogP contribution in [0.3, 0.4) is 0 Å². The summed E-state index contributed by atoms with van der Waals surface area (Å²) in [4.78, 5) is 15.1. The van der Waals surface area contributed by atoms with Gasteiger partial charge in [-0.05, 0) is 30.8 Å². The van der Waals surface area contributed by atoms with Crippen LogP contribution in [0.2, 0.25) is 5.02 Å². The molecular weight excluding hydrogens is 291 g/mol. The summed E-state index contributed by atoms with van der Waals surface area (Å²) >= 11 is 7.46. The topological polar surface area (TPSA) is 32.3 Å². The molecule has 0 spiro atoms. The summed E-state index contributed by atoms with van der Waals surface area (Å²) < 4.78 is 0. The molecule has 0 saturated carbocycles. The third-order valence-electron chi connectivity index (χ3n) is 3.01. The highest BCUT2D eigenvalue weighted by molar-refractivity contribution is 7.12. The van der Waals surface area contributed by atoms with Gasteiger partial charge in [-0.15, -0.1) is 23.7 Å². The number of hydrogen-bond donors (Lipinski definition) is 1. The second-order valence-electron chi connectivity index (χ2n) is 4.24. The molecule has 3 nitrogen and oxygen atoms in total. The average Bonchev–Trinajstić information content (AvgIpc) is 2.95. The lowest BCUT2D eigenvalue weighted by Crippen LogP contribution is -2.41. The highest BCUT2D eigenvalue weighted by Gasteiger charge is 2.28. The van der Waals surface area contributed by atoms with Crippen LogP contribution < -0.4 is 5.32 Å². The van der Waals surface area contributed by atoms with Crippen LogP contribution in [0.15, 0.2) is 11.4 Å². The molecule has 1 N–H and O–H groups in total. The second-order valence-corrected chi connectivity index (χ2v) is 5.57. The van der Waals surface area contributed by atoms with E-state index in [1.165, 1.54) is 11.3 Å². The molecule has 1 aromatic heterocycles. The maximum Gasteiger partial charge on any atom is 0.265 e. The van der Waals surface area contributed by atoms with Gasteiger partial charge in [0.1, 0.15) is 4.88 Å². The molecular formula is C12H18Cl2N2OS. The number of halogens is 2. The molecule has 2 rings (SSSR count). The third kappa shape index (κ3) is 3.38. The number of hydrogen-bond acceptors (Lipinski definition) is 3. The molecule has 1 aromatic rings. The van der Waals surface area contributed by atoms with Gasteiger partial charge in [0.2, 0.25) is 0 Å². The minimum absolute atomic E-state index is 0. The standard InChI is InChI=1S/C12H17ClN2OS.ClH/c1-2-6-15(9-3-5-14-8-9)12(16)11-10(13)4-7-17-11;/h4,7,9,14H,2-3,5-6,8H2,1H3;1H. The molecule has 0 radical (unpaired) electrons. The first-order valence-electron chi connectivity index (χ1n) is 5.98. The Bertz CT molecular complexity index is 391. The van der Waals surface area contributed by atoms with Crippen LogP contribution in [0.25, 0.3) is 0 Å². The van der Waals surface area contributed by atoms with Gasteiger partial charge in [-0.3, -0.25) is 4.79 Å². The van der Waals surface area contributed by atoms with Gasteiger partial charge in [0.05, 0.1) is 5.02 Å². The van der Waals surface area contributed by atoms with Crippen molar-refractivity contribution >= 4 is 41.3 Å². The molecule has 1 fully saturated rings. The number of rotatable bonds is 4. The van der Waals surface area contributed by atoms with E-state index >= 15 is 0 Å². The second kappa shape index (κ2) is 7.34. The van der Waals surface area contributed by atoms with Crippen molar-refractivity contribution in [2.24, 2.45) is 0 Å². The summed E-state index contributed by atoms with van der Waals surface area (Å²) in [6.07, 6.45) is 2.01. The first kappa shape index (κ1) is 15.8. The smallest absolute Gasteiger partial charge is 0.265 e. The van der Waals surface area contributed by atoms with E-state index in [0.717, 1.165) is 32.5 Å². The summed E-state index contributed by atoms with van der Waals surface area (Å²) in [5.74, 6) is 0.0838. The molecule has 1 amide bonds. The molecule has 0 aromatic carbocycles. The van der Waals surface area contributed by atoms with Crippen molar-refractivity contribution in [2.45, 2.75) is 25.8 Å². The number of nitrogens with zero attached hydrogens (tertiary/aromatic N) is 1. The molecule has 1 unspecified atom stereocenters. The highest BCUT2D eigenvalue weighted by Crippen LogP contribution is 2.25. The molecule has 18 heavy (non-hydrogen) atoms. The van der Waals surface area contributed by atoms with Crippen molar-refractivity contribution in [2.75, 3.05) is 19.6 Å². The Morgan fingerprint density at radius 2 is 2.44 bits per heavy atom. The number of amides is 1. The molecule has 1 aliphatic rings. The fourth-order valence-electron chi connectivity index (χ4n) is 2.17. The predicted octanol–water partition coefficient (Wildman–Crippen LogP) is 3.04. The molecule has 1 atom stereocenters. The Kier molecular flexibility index (Phi) is 6.43. The summed E-state index contributed by atoms with van der Waals surface area (Å²) in [6, 6.07) is 2.11. The van der Waals surface area contributed by atoms with Crippen molar-refractivity contribution in [3.05, 3.63) is 21.3 Å². The van der Waals surface area contributed by atoms with Gasteiger partial charge in [0, 0.05) is 19.1 Å². The lowest BCUT2D eigenvalue weighted by atomic mass is 10.2. The van der Waals surface area contributed by atoms with Crippen LogP contribution in [0.5, 0.6) is 0 Å². The van der Waals surface area contributed by atoms with E-state index < -0.39 is 0 Å². The van der Waals surface area contributed by atoms with Gasteiger partial charge in [0.15, 0.2) is 0 Å². The zero-order valence-corrected chi connectivity index (χ0v) is 12.7. The predicted molar refractivity (Wildman–Crippen MR) is 79.2 cm³/mol.